The molecule has 1 amide bonds. The first-order valence-corrected chi connectivity index (χ1v) is 9.34. The summed E-state index contributed by atoms with van der Waals surface area (Å²) in [6, 6.07) is 24.2. The highest BCUT2D eigenvalue weighted by Gasteiger charge is 2.20. The van der Waals surface area contributed by atoms with Crippen molar-refractivity contribution in [3.63, 3.8) is 0 Å². The summed E-state index contributed by atoms with van der Waals surface area (Å²) < 4.78 is 0. The van der Waals surface area contributed by atoms with Crippen molar-refractivity contribution in [2.75, 3.05) is 4.90 Å². The van der Waals surface area contributed by atoms with Gasteiger partial charge in [-0.05, 0) is 55.5 Å². The number of aryl methyl sites for hydroxylation is 1. The minimum Gasteiger partial charge on any atom is -0.302 e. The van der Waals surface area contributed by atoms with Gasteiger partial charge in [0.2, 0.25) is 0 Å². The SMILES string of the molecule is Cc1nc2ccccc2nc1CN(C(=O)c1ccccc1)c1ccc(Cl)cc1. The van der Waals surface area contributed by atoms with Gasteiger partial charge in [-0.1, -0.05) is 41.9 Å². The second-order valence-corrected chi connectivity index (χ2v) is 6.91. The summed E-state index contributed by atoms with van der Waals surface area (Å²) in [5, 5.41) is 0.623. The zero-order chi connectivity index (χ0) is 19.5. The fourth-order valence-corrected chi connectivity index (χ4v) is 3.19. The first-order chi connectivity index (χ1) is 13.6. The Hall–Kier alpha value is -3.24. The van der Waals surface area contributed by atoms with E-state index in [-0.39, 0.29) is 5.91 Å². The van der Waals surface area contributed by atoms with Crippen molar-refractivity contribution in [3.8, 4) is 0 Å². The maximum absolute atomic E-state index is 13.3. The van der Waals surface area contributed by atoms with Gasteiger partial charge in [0, 0.05) is 16.3 Å². The maximum atomic E-state index is 13.3. The first kappa shape index (κ1) is 18.1. The number of hydrogen-bond acceptors (Lipinski definition) is 3. The Morgan fingerprint density at radius 1 is 0.857 bits per heavy atom. The molecule has 5 heteroatoms. The first-order valence-electron chi connectivity index (χ1n) is 8.96. The summed E-state index contributed by atoms with van der Waals surface area (Å²) >= 11 is 6.04. The van der Waals surface area contributed by atoms with Crippen LogP contribution in [-0.4, -0.2) is 15.9 Å². The fourth-order valence-electron chi connectivity index (χ4n) is 3.06. The maximum Gasteiger partial charge on any atom is 0.258 e. The number of benzene rings is 3. The smallest absolute Gasteiger partial charge is 0.258 e. The van der Waals surface area contributed by atoms with E-state index in [4.69, 9.17) is 16.6 Å². The van der Waals surface area contributed by atoms with E-state index in [1.807, 2.05) is 73.7 Å². The van der Waals surface area contributed by atoms with Crippen molar-refractivity contribution in [2.45, 2.75) is 13.5 Å². The van der Waals surface area contributed by atoms with Gasteiger partial charge in [-0.3, -0.25) is 4.79 Å². The van der Waals surface area contributed by atoms with Crippen LogP contribution in [0.3, 0.4) is 0 Å². The molecule has 3 aromatic carbocycles. The fraction of sp³-hybridized carbons (Fsp3) is 0.0870. The van der Waals surface area contributed by atoms with Gasteiger partial charge in [-0.15, -0.1) is 0 Å². The van der Waals surface area contributed by atoms with Gasteiger partial charge < -0.3 is 4.90 Å². The van der Waals surface area contributed by atoms with Crippen molar-refractivity contribution in [2.24, 2.45) is 0 Å². The van der Waals surface area contributed by atoms with E-state index in [2.05, 4.69) is 4.98 Å². The number of amides is 1. The van der Waals surface area contributed by atoms with E-state index in [1.54, 1.807) is 17.0 Å². The third kappa shape index (κ3) is 3.73. The third-order valence-electron chi connectivity index (χ3n) is 4.56. The van der Waals surface area contributed by atoms with Gasteiger partial charge in [0.15, 0.2) is 0 Å². The number of carbonyl (C=O) groups is 1. The van der Waals surface area contributed by atoms with Crippen LogP contribution in [0.15, 0.2) is 78.9 Å². The molecule has 4 aromatic rings. The largest absolute Gasteiger partial charge is 0.302 e. The monoisotopic (exact) mass is 387 g/mol. The van der Waals surface area contributed by atoms with Crippen LogP contribution in [0.25, 0.3) is 11.0 Å². The molecule has 4 rings (SSSR count). The average Bonchev–Trinajstić information content (AvgIpc) is 2.73. The van der Waals surface area contributed by atoms with Gasteiger partial charge >= 0.3 is 0 Å². The van der Waals surface area contributed by atoms with E-state index in [9.17, 15) is 4.79 Å². The number of aromatic nitrogens is 2. The van der Waals surface area contributed by atoms with E-state index >= 15 is 0 Å². The highest BCUT2D eigenvalue weighted by molar-refractivity contribution is 6.30. The zero-order valence-corrected chi connectivity index (χ0v) is 16.1. The highest BCUT2D eigenvalue weighted by Crippen LogP contribution is 2.23. The van der Waals surface area contributed by atoms with Gasteiger partial charge in [-0.2, -0.15) is 0 Å². The van der Waals surface area contributed by atoms with Crippen LogP contribution >= 0.6 is 11.6 Å². The molecule has 4 nitrogen and oxygen atoms in total. The van der Waals surface area contributed by atoms with E-state index < -0.39 is 0 Å². The summed E-state index contributed by atoms with van der Waals surface area (Å²) in [6.45, 7) is 2.24. The molecule has 1 aromatic heterocycles. The second kappa shape index (κ2) is 7.79. The summed E-state index contributed by atoms with van der Waals surface area (Å²) in [5.74, 6) is -0.0997. The molecule has 0 atom stereocenters. The lowest BCUT2D eigenvalue weighted by Crippen LogP contribution is -2.31. The molecular weight excluding hydrogens is 370 g/mol. The van der Waals surface area contributed by atoms with Crippen molar-refractivity contribution >= 4 is 34.2 Å². The van der Waals surface area contributed by atoms with Crippen molar-refractivity contribution in [1.29, 1.82) is 0 Å². The van der Waals surface area contributed by atoms with Crippen LogP contribution in [0.5, 0.6) is 0 Å². The number of fused-ring (bicyclic) bond motifs is 1. The van der Waals surface area contributed by atoms with Crippen LogP contribution in [0, 0.1) is 6.92 Å². The Balaban J connectivity index is 1.76. The summed E-state index contributed by atoms with van der Waals surface area (Å²) in [5.41, 5.74) is 4.59. The molecule has 0 aliphatic carbocycles. The zero-order valence-electron chi connectivity index (χ0n) is 15.3. The van der Waals surface area contributed by atoms with Gasteiger partial charge in [0.05, 0.1) is 29.0 Å². The van der Waals surface area contributed by atoms with Gasteiger partial charge in [-0.25, -0.2) is 9.97 Å². The summed E-state index contributed by atoms with van der Waals surface area (Å²) in [7, 11) is 0. The van der Waals surface area contributed by atoms with E-state index in [1.165, 1.54) is 0 Å². The Kier molecular flexibility index (Phi) is 5.04. The predicted molar refractivity (Wildman–Crippen MR) is 113 cm³/mol. The molecule has 0 saturated carbocycles. The lowest BCUT2D eigenvalue weighted by Gasteiger charge is -2.23. The Morgan fingerprint density at radius 3 is 2.14 bits per heavy atom. The van der Waals surface area contributed by atoms with E-state index in [0.717, 1.165) is 28.1 Å². The molecule has 0 fully saturated rings. The molecule has 0 aliphatic heterocycles. The van der Waals surface area contributed by atoms with Crippen LogP contribution in [0.4, 0.5) is 5.69 Å². The lowest BCUT2D eigenvalue weighted by molar-refractivity contribution is 0.0985. The Bertz CT molecular complexity index is 1130. The van der Waals surface area contributed by atoms with Crippen molar-refractivity contribution in [1.82, 2.24) is 9.97 Å². The van der Waals surface area contributed by atoms with Crippen molar-refractivity contribution < 1.29 is 4.79 Å². The minimum absolute atomic E-state index is 0.0997. The normalized spacial score (nSPS) is 10.8. The number of hydrogen-bond donors (Lipinski definition) is 0. The van der Waals surface area contributed by atoms with Crippen LogP contribution < -0.4 is 4.90 Å². The highest BCUT2D eigenvalue weighted by atomic mass is 35.5. The number of nitrogens with zero attached hydrogens (tertiary/aromatic N) is 3. The lowest BCUT2D eigenvalue weighted by atomic mass is 10.1. The topological polar surface area (TPSA) is 46.1 Å². The molecule has 0 unspecified atom stereocenters. The molecule has 0 saturated heterocycles. The number of para-hydroxylation sites is 2. The molecule has 0 bridgehead atoms. The van der Waals surface area contributed by atoms with Crippen LogP contribution in [-0.2, 0) is 6.54 Å². The number of rotatable bonds is 4. The Morgan fingerprint density at radius 2 is 1.46 bits per heavy atom. The number of anilines is 1. The van der Waals surface area contributed by atoms with Gasteiger partial charge in [0.25, 0.3) is 5.91 Å². The molecule has 0 N–H and O–H groups in total. The number of halogens is 1. The standard InChI is InChI=1S/C23H18ClN3O/c1-16-22(26-21-10-6-5-9-20(21)25-16)15-27(19-13-11-18(24)12-14-19)23(28)17-7-3-2-4-8-17/h2-14H,15H2,1H3. The molecule has 0 aliphatic rings. The van der Waals surface area contributed by atoms with E-state index in [0.29, 0.717) is 17.1 Å². The van der Waals surface area contributed by atoms with Crippen LogP contribution in [0.2, 0.25) is 5.02 Å². The molecule has 0 radical (unpaired) electrons. The van der Waals surface area contributed by atoms with Crippen LogP contribution in [0.1, 0.15) is 21.7 Å². The molecule has 0 spiro atoms. The second-order valence-electron chi connectivity index (χ2n) is 6.48. The molecule has 28 heavy (non-hydrogen) atoms. The average molecular weight is 388 g/mol. The Labute approximate surface area is 168 Å². The summed E-state index contributed by atoms with van der Waals surface area (Å²) in [4.78, 5) is 24.4. The van der Waals surface area contributed by atoms with Crippen molar-refractivity contribution in [3.05, 3.63) is 101 Å². The predicted octanol–water partition coefficient (Wildman–Crippen LogP) is 5.44. The third-order valence-corrected chi connectivity index (χ3v) is 4.81. The molecule has 138 valence electrons. The summed E-state index contributed by atoms with van der Waals surface area (Å²) in [6.07, 6.45) is 0. The molecule has 1 heterocycles. The number of carbonyl (C=O) groups excluding carboxylic acids is 1. The molecular formula is C23H18ClN3O. The minimum atomic E-state index is -0.0997. The van der Waals surface area contributed by atoms with Gasteiger partial charge in [0.1, 0.15) is 0 Å². The quantitative estimate of drug-likeness (QED) is 0.468.